The summed E-state index contributed by atoms with van der Waals surface area (Å²) in [7, 11) is -5.03. The minimum absolute atomic E-state index is 0.0915. The number of aliphatic hydroxyl groups excluding tert-OH is 5. The molecule has 1 aliphatic rings. The van der Waals surface area contributed by atoms with Gasteiger partial charge in [0, 0.05) is 13.0 Å². The largest absolute Gasteiger partial charge is 0.472 e. The number of unbranched alkanes of at least 4 members (excludes halogenated alkanes) is 19. The number of aliphatic hydroxyl groups is 5. The van der Waals surface area contributed by atoms with E-state index in [0.717, 1.165) is 89.9 Å². The lowest BCUT2D eigenvalue weighted by Gasteiger charge is -2.41. The molecule has 12 nitrogen and oxygen atoms in total. The lowest BCUT2D eigenvalue weighted by molar-refractivity contribution is -0.220. The van der Waals surface area contributed by atoms with Gasteiger partial charge in [0.15, 0.2) is 0 Å². The first-order valence-corrected chi connectivity index (χ1v) is 26.1. The summed E-state index contributed by atoms with van der Waals surface area (Å²) in [6, 6.07) is 0. The van der Waals surface area contributed by atoms with Crippen LogP contribution in [0.3, 0.4) is 0 Å². The van der Waals surface area contributed by atoms with E-state index in [9.17, 15) is 39.8 Å². The molecule has 0 radical (unpaired) electrons. The third kappa shape index (κ3) is 32.4. The lowest BCUT2D eigenvalue weighted by atomic mass is 9.85. The maximum absolute atomic E-state index is 12.8. The number of carbonyl (C=O) groups is 1. The molecule has 0 saturated heterocycles. The fraction of sp³-hybridized carbons (Fsp3) is 0.780. The summed E-state index contributed by atoms with van der Waals surface area (Å²) in [6.07, 6.45) is 38.5. The van der Waals surface area contributed by atoms with Crippen molar-refractivity contribution in [3.8, 4) is 0 Å². The van der Waals surface area contributed by atoms with Crippen LogP contribution in [0.5, 0.6) is 0 Å². The van der Waals surface area contributed by atoms with Crippen LogP contribution in [-0.2, 0) is 27.9 Å². The van der Waals surface area contributed by atoms with E-state index in [0.29, 0.717) is 13.0 Å². The molecule has 0 aromatic rings. The molecule has 1 saturated carbocycles. The molecule has 6 N–H and O–H groups in total. The maximum Gasteiger partial charge on any atom is 0.472 e. The zero-order chi connectivity index (χ0) is 46.2. The third-order valence-electron chi connectivity index (χ3n) is 11.1. The van der Waals surface area contributed by atoms with Crippen LogP contribution in [0.4, 0.5) is 0 Å². The van der Waals surface area contributed by atoms with Crippen LogP contribution < -0.4 is 0 Å². The van der Waals surface area contributed by atoms with Gasteiger partial charge < -0.3 is 39.9 Å². The van der Waals surface area contributed by atoms with Crippen molar-refractivity contribution in [2.75, 3.05) is 19.8 Å². The minimum atomic E-state index is -5.03. The summed E-state index contributed by atoms with van der Waals surface area (Å²) in [5.41, 5.74) is 0. The quantitative estimate of drug-likeness (QED) is 0.0147. The standard InChI is InChI=1S/C50H89O12P/c1-3-5-7-9-11-13-15-17-19-21-22-23-24-26-28-30-32-34-36-38-40-59-41-43(42-60-63(57,58)62-50-48(55)46(53)45(52)47(54)49(50)56)61-44(51)39-37-35-33-31-29-27-25-20-18-16-14-12-10-8-6-4-2/h11,13-14,16-17,19-20,22-23,25,43,45-50,52-56H,3-10,12,15,18,21,24,26-42H2,1-2H3,(H,57,58)/b13-11-,16-14-,19-17-,23-22-,25-20-. The Hall–Kier alpha value is -1.96. The SMILES string of the molecule is CCCCC/C=C\C/C=C\C/C=C\CCCCCCCCCOCC(COP(=O)(O)OC1C(O)C(O)C(O)C(O)C1O)OC(=O)CCCCCCC/C=C\C/C=C\CCCCCC. The molecule has 0 aromatic carbocycles. The van der Waals surface area contributed by atoms with Crippen molar-refractivity contribution in [3.05, 3.63) is 60.8 Å². The fourth-order valence-corrected chi connectivity index (χ4v) is 8.13. The molecule has 13 heteroatoms. The van der Waals surface area contributed by atoms with Gasteiger partial charge in [0.2, 0.25) is 0 Å². The zero-order valence-electron chi connectivity index (χ0n) is 39.1. The van der Waals surface area contributed by atoms with E-state index in [4.69, 9.17) is 18.5 Å². The topological polar surface area (TPSA) is 192 Å². The molecule has 63 heavy (non-hydrogen) atoms. The predicted molar refractivity (Wildman–Crippen MR) is 253 cm³/mol. The summed E-state index contributed by atoms with van der Waals surface area (Å²) < 4.78 is 34.2. The van der Waals surface area contributed by atoms with E-state index in [-0.39, 0.29) is 13.0 Å². The molecular weight excluding hydrogens is 824 g/mol. The van der Waals surface area contributed by atoms with Gasteiger partial charge in [0.1, 0.15) is 42.7 Å². The van der Waals surface area contributed by atoms with Crippen LogP contribution in [0.2, 0.25) is 0 Å². The van der Waals surface area contributed by atoms with Gasteiger partial charge in [0.05, 0.1) is 13.2 Å². The summed E-state index contributed by atoms with van der Waals surface area (Å²) >= 11 is 0. The maximum atomic E-state index is 12.8. The Bertz CT molecular complexity index is 1270. The highest BCUT2D eigenvalue weighted by atomic mass is 31.2. The Kier molecular flexibility index (Phi) is 37.8. The number of ether oxygens (including phenoxy) is 2. The van der Waals surface area contributed by atoms with Crippen molar-refractivity contribution in [2.45, 2.75) is 230 Å². The molecule has 0 heterocycles. The lowest BCUT2D eigenvalue weighted by Crippen LogP contribution is -2.64. The van der Waals surface area contributed by atoms with Crippen LogP contribution in [0.1, 0.15) is 187 Å². The molecule has 0 amide bonds. The predicted octanol–water partition coefficient (Wildman–Crippen LogP) is 10.6. The molecule has 1 aliphatic carbocycles. The van der Waals surface area contributed by atoms with Gasteiger partial charge in [-0.15, -0.1) is 0 Å². The number of carbonyl (C=O) groups excluding carboxylic acids is 1. The molecule has 1 rings (SSSR count). The van der Waals surface area contributed by atoms with Gasteiger partial charge in [-0.05, 0) is 83.5 Å². The minimum Gasteiger partial charge on any atom is -0.457 e. The van der Waals surface area contributed by atoms with Crippen LogP contribution >= 0.6 is 7.82 Å². The first-order chi connectivity index (χ1) is 30.5. The normalized spacial score (nSPS) is 22.3. The van der Waals surface area contributed by atoms with E-state index in [1.807, 2.05) is 0 Å². The highest BCUT2D eigenvalue weighted by Crippen LogP contribution is 2.47. The van der Waals surface area contributed by atoms with Gasteiger partial charge >= 0.3 is 13.8 Å². The number of phosphoric ester groups is 1. The van der Waals surface area contributed by atoms with Crippen molar-refractivity contribution in [3.63, 3.8) is 0 Å². The monoisotopic (exact) mass is 913 g/mol. The summed E-state index contributed by atoms with van der Waals surface area (Å²) in [5.74, 6) is -0.496. The molecule has 0 bridgehead atoms. The van der Waals surface area contributed by atoms with Crippen LogP contribution in [0.25, 0.3) is 0 Å². The van der Waals surface area contributed by atoms with Crippen LogP contribution in [-0.4, -0.2) is 98.9 Å². The number of rotatable bonds is 41. The third-order valence-corrected chi connectivity index (χ3v) is 12.1. The Balaban J connectivity index is 2.39. The van der Waals surface area contributed by atoms with E-state index < -0.39 is 63.1 Å². The Morgan fingerprint density at radius 1 is 0.508 bits per heavy atom. The Morgan fingerprint density at radius 3 is 1.38 bits per heavy atom. The zero-order valence-corrected chi connectivity index (χ0v) is 40.0. The highest BCUT2D eigenvalue weighted by molar-refractivity contribution is 7.47. The number of allylic oxidation sites excluding steroid dienone is 10. The van der Waals surface area contributed by atoms with E-state index >= 15 is 0 Å². The van der Waals surface area contributed by atoms with Crippen molar-refractivity contribution >= 4 is 13.8 Å². The van der Waals surface area contributed by atoms with Crippen molar-refractivity contribution in [2.24, 2.45) is 0 Å². The van der Waals surface area contributed by atoms with Gasteiger partial charge in [-0.2, -0.15) is 0 Å². The average Bonchev–Trinajstić information content (AvgIpc) is 3.27. The Labute approximate surface area is 381 Å². The van der Waals surface area contributed by atoms with Gasteiger partial charge in [-0.25, -0.2) is 4.57 Å². The van der Waals surface area contributed by atoms with Crippen LogP contribution in [0, 0.1) is 0 Å². The first-order valence-electron chi connectivity index (χ1n) is 24.6. The molecule has 0 spiro atoms. The summed E-state index contributed by atoms with van der Waals surface area (Å²) in [5, 5.41) is 50.2. The first kappa shape index (κ1) is 59.1. The van der Waals surface area contributed by atoms with Crippen molar-refractivity contribution < 1.29 is 58.3 Å². The Morgan fingerprint density at radius 2 is 0.889 bits per heavy atom. The highest BCUT2D eigenvalue weighted by Gasteiger charge is 2.51. The second-order valence-corrected chi connectivity index (χ2v) is 18.4. The van der Waals surface area contributed by atoms with Crippen molar-refractivity contribution in [1.82, 2.24) is 0 Å². The molecule has 6 unspecified atom stereocenters. The molecule has 0 aromatic heterocycles. The smallest absolute Gasteiger partial charge is 0.457 e. The summed E-state index contributed by atoms with van der Waals surface area (Å²) in [4.78, 5) is 23.2. The van der Waals surface area contributed by atoms with E-state index in [1.165, 1.54) is 70.6 Å². The number of phosphoric acid groups is 1. The van der Waals surface area contributed by atoms with E-state index in [2.05, 4.69) is 74.6 Å². The number of hydrogen-bond acceptors (Lipinski definition) is 11. The molecule has 6 atom stereocenters. The second-order valence-electron chi connectivity index (χ2n) is 17.0. The van der Waals surface area contributed by atoms with E-state index in [1.54, 1.807) is 0 Å². The molecular formula is C50H89O12P. The van der Waals surface area contributed by atoms with Gasteiger partial charge in [-0.1, -0.05) is 158 Å². The average molecular weight is 913 g/mol. The fourth-order valence-electron chi connectivity index (χ4n) is 7.16. The molecule has 366 valence electrons. The number of esters is 1. The van der Waals surface area contributed by atoms with Crippen LogP contribution in [0.15, 0.2) is 60.8 Å². The van der Waals surface area contributed by atoms with Gasteiger partial charge in [-0.3, -0.25) is 13.8 Å². The second kappa shape index (κ2) is 40.3. The van der Waals surface area contributed by atoms with Gasteiger partial charge in [0.25, 0.3) is 0 Å². The van der Waals surface area contributed by atoms with Crippen molar-refractivity contribution in [1.29, 1.82) is 0 Å². The molecule has 0 aliphatic heterocycles. The number of hydrogen-bond donors (Lipinski definition) is 6. The molecule has 1 fully saturated rings. The summed E-state index contributed by atoms with van der Waals surface area (Å²) in [6.45, 7) is 4.18.